The van der Waals surface area contributed by atoms with E-state index in [1.54, 1.807) is 24.7 Å². The van der Waals surface area contributed by atoms with Crippen LogP contribution in [-0.2, 0) is 17.6 Å². The number of benzene rings is 1. The highest BCUT2D eigenvalue weighted by atomic mass is 79.9. The monoisotopic (exact) mass is 497 g/mol. The van der Waals surface area contributed by atoms with Crippen LogP contribution in [0.15, 0.2) is 53.4 Å². The third-order valence-electron chi connectivity index (χ3n) is 4.45. The molecule has 0 saturated heterocycles. The number of hydrogen-bond acceptors (Lipinski definition) is 3. The van der Waals surface area contributed by atoms with E-state index in [2.05, 4.69) is 45.5 Å². The molecule has 4 nitrogen and oxygen atoms in total. The van der Waals surface area contributed by atoms with E-state index in [1.807, 2.05) is 10.6 Å². The summed E-state index contributed by atoms with van der Waals surface area (Å²) in [6.45, 7) is 7.72. The van der Waals surface area contributed by atoms with E-state index in [9.17, 15) is 13.2 Å². The van der Waals surface area contributed by atoms with Crippen LogP contribution in [0.1, 0.15) is 5.56 Å². The highest BCUT2D eigenvalue weighted by Crippen LogP contribution is 2.33. The van der Waals surface area contributed by atoms with Crippen LogP contribution in [0, 0.1) is 0 Å². The summed E-state index contributed by atoms with van der Waals surface area (Å²) in [6, 6.07) is 8.07. The zero-order valence-corrected chi connectivity index (χ0v) is 19.6. The van der Waals surface area contributed by atoms with E-state index in [0.29, 0.717) is 23.7 Å². The molecule has 0 radical (unpaired) electrons. The van der Waals surface area contributed by atoms with E-state index >= 15 is 0 Å². The fourth-order valence-corrected chi connectivity index (χ4v) is 3.94. The summed E-state index contributed by atoms with van der Waals surface area (Å²) in [6.07, 6.45) is 0.645. The number of nitrogens with zero attached hydrogens (tertiary/aromatic N) is 3. The molecule has 0 N–H and O–H groups in total. The van der Waals surface area contributed by atoms with Gasteiger partial charge in [-0.1, -0.05) is 31.8 Å². The van der Waals surface area contributed by atoms with Gasteiger partial charge >= 0.3 is 6.18 Å². The lowest BCUT2D eigenvalue weighted by atomic mass is 10.1. The van der Waals surface area contributed by atoms with E-state index in [1.165, 1.54) is 6.07 Å². The number of halogens is 4. The third kappa shape index (κ3) is 6.02. The number of pyridine rings is 1. The SMILES string of the molecule is C[Si](C)(C)CCOCn1cc(-c2cccc(C(F)(F)F)c2)nc1-c1cncc(Br)c1. The van der Waals surface area contributed by atoms with Gasteiger partial charge in [-0.05, 0) is 40.2 Å². The number of imidazole rings is 1. The maximum atomic E-state index is 13.1. The van der Waals surface area contributed by atoms with Gasteiger partial charge in [-0.3, -0.25) is 4.98 Å². The first kappa shape index (κ1) is 22.7. The zero-order chi connectivity index (χ0) is 21.9. The molecule has 1 aromatic carbocycles. The van der Waals surface area contributed by atoms with Crippen molar-refractivity contribution < 1.29 is 17.9 Å². The van der Waals surface area contributed by atoms with Gasteiger partial charge < -0.3 is 9.30 Å². The molecule has 0 aliphatic carbocycles. The Morgan fingerprint density at radius 3 is 2.53 bits per heavy atom. The lowest BCUT2D eigenvalue weighted by Gasteiger charge is -2.16. The van der Waals surface area contributed by atoms with Crippen molar-refractivity contribution in [3.8, 4) is 22.6 Å². The molecule has 2 heterocycles. The Morgan fingerprint density at radius 2 is 1.87 bits per heavy atom. The smallest absolute Gasteiger partial charge is 0.361 e. The van der Waals surface area contributed by atoms with Crippen molar-refractivity contribution >= 4 is 24.0 Å². The van der Waals surface area contributed by atoms with Gasteiger partial charge in [0.1, 0.15) is 12.6 Å². The molecule has 2 aromatic heterocycles. The Morgan fingerprint density at radius 1 is 1.10 bits per heavy atom. The molecule has 0 unspecified atom stereocenters. The molecule has 160 valence electrons. The average molecular weight is 498 g/mol. The van der Waals surface area contributed by atoms with Crippen molar-refractivity contribution in [3.05, 3.63) is 59.0 Å². The Hall–Kier alpha value is -1.97. The molecule has 0 saturated carbocycles. The second kappa shape index (κ2) is 9.03. The van der Waals surface area contributed by atoms with Gasteiger partial charge in [0.05, 0.1) is 11.3 Å². The van der Waals surface area contributed by atoms with Crippen molar-refractivity contribution in [1.82, 2.24) is 14.5 Å². The molecular weight excluding hydrogens is 475 g/mol. The summed E-state index contributed by atoms with van der Waals surface area (Å²) in [7, 11) is -1.22. The molecule has 0 aliphatic rings. The number of hydrogen-bond donors (Lipinski definition) is 0. The average Bonchev–Trinajstić information content (AvgIpc) is 3.08. The van der Waals surface area contributed by atoms with Crippen LogP contribution >= 0.6 is 15.9 Å². The summed E-state index contributed by atoms with van der Waals surface area (Å²) in [5.41, 5.74) is 0.891. The molecule has 0 fully saturated rings. The Balaban J connectivity index is 1.94. The number of ether oxygens (including phenoxy) is 1. The predicted molar refractivity (Wildman–Crippen MR) is 118 cm³/mol. The van der Waals surface area contributed by atoms with Crippen molar-refractivity contribution in [2.75, 3.05) is 6.61 Å². The van der Waals surface area contributed by atoms with E-state index in [4.69, 9.17) is 4.74 Å². The standard InChI is InChI=1S/C21H23BrF3N3OSi/c1-30(2,3)8-7-29-14-28-13-19(15-5-4-6-17(9-15)21(23,24)25)27-20(28)16-10-18(22)12-26-11-16/h4-6,9-13H,7-8,14H2,1-3H3. The normalized spacial score (nSPS) is 12.4. The van der Waals surface area contributed by atoms with Crippen LogP contribution in [0.2, 0.25) is 25.7 Å². The molecule has 30 heavy (non-hydrogen) atoms. The number of alkyl halides is 3. The van der Waals surface area contributed by atoms with Gasteiger partial charge in [0, 0.05) is 48.9 Å². The van der Waals surface area contributed by atoms with Crippen molar-refractivity contribution in [2.24, 2.45) is 0 Å². The van der Waals surface area contributed by atoms with Gasteiger partial charge in [-0.2, -0.15) is 13.2 Å². The molecular formula is C21H23BrF3N3OSi. The molecule has 3 aromatic rings. The number of aromatic nitrogens is 3. The first-order chi connectivity index (χ1) is 14.0. The van der Waals surface area contributed by atoms with Crippen molar-refractivity contribution in [2.45, 2.75) is 38.6 Å². The van der Waals surface area contributed by atoms with Gasteiger partial charge in [-0.15, -0.1) is 0 Å². The minimum Gasteiger partial charge on any atom is -0.361 e. The van der Waals surface area contributed by atoms with Crippen molar-refractivity contribution in [1.29, 1.82) is 0 Å². The molecule has 0 spiro atoms. The molecule has 0 atom stereocenters. The van der Waals surface area contributed by atoms with Crippen LogP contribution in [0.4, 0.5) is 13.2 Å². The van der Waals surface area contributed by atoms with Crippen LogP contribution in [-0.4, -0.2) is 29.2 Å². The zero-order valence-electron chi connectivity index (χ0n) is 17.0. The maximum absolute atomic E-state index is 13.1. The van der Waals surface area contributed by atoms with Gasteiger partial charge in [0.25, 0.3) is 0 Å². The van der Waals surface area contributed by atoms with Crippen LogP contribution in [0.3, 0.4) is 0 Å². The van der Waals surface area contributed by atoms with Gasteiger partial charge in [0.15, 0.2) is 0 Å². The number of rotatable bonds is 7. The predicted octanol–water partition coefficient (Wildman–Crippen LogP) is 6.71. The third-order valence-corrected chi connectivity index (χ3v) is 6.59. The topological polar surface area (TPSA) is 39.9 Å². The second-order valence-corrected chi connectivity index (χ2v) is 14.8. The summed E-state index contributed by atoms with van der Waals surface area (Å²) in [5, 5.41) is 0. The molecule has 0 bridgehead atoms. The van der Waals surface area contributed by atoms with Crippen LogP contribution in [0.5, 0.6) is 0 Å². The summed E-state index contributed by atoms with van der Waals surface area (Å²) in [5.74, 6) is 0.587. The van der Waals surface area contributed by atoms with E-state index < -0.39 is 19.8 Å². The second-order valence-electron chi connectivity index (χ2n) is 8.24. The minimum atomic E-state index is -4.41. The fraction of sp³-hybridized carbons (Fsp3) is 0.333. The summed E-state index contributed by atoms with van der Waals surface area (Å²) >= 11 is 3.40. The highest BCUT2D eigenvalue weighted by molar-refractivity contribution is 9.10. The fourth-order valence-electron chi connectivity index (χ4n) is 2.81. The van der Waals surface area contributed by atoms with Crippen LogP contribution in [0.25, 0.3) is 22.6 Å². The first-order valence-corrected chi connectivity index (χ1v) is 14.0. The lowest BCUT2D eigenvalue weighted by molar-refractivity contribution is -0.137. The lowest BCUT2D eigenvalue weighted by Crippen LogP contribution is -2.22. The van der Waals surface area contributed by atoms with Gasteiger partial charge in [0.2, 0.25) is 0 Å². The van der Waals surface area contributed by atoms with Crippen LogP contribution < -0.4 is 0 Å². The first-order valence-electron chi connectivity index (χ1n) is 9.46. The maximum Gasteiger partial charge on any atom is 0.416 e. The summed E-state index contributed by atoms with van der Waals surface area (Å²) < 4.78 is 47.8. The quantitative estimate of drug-likeness (QED) is 0.269. The van der Waals surface area contributed by atoms with Crippen molar-refractivity contribution in [3.63, 3.8) is 0 Å². The highest BCUT2D eigenvalue weighted by Gasteiger charge is 2.30. The minimum absolute atomic E-state index is 0.262. The molecule has 3 rings (SSSR count). The summed E-state index contributed by atoms with van der Waals surface area (Å²) in [4.78, 5) is 8.78. The Kier molecular flexibility index (Phi) is 6.83. The van der Waals surface area contributed by atoms with E-state index in [0.717, 1.165) is 28.2 Å². The Labute approximate surface area is 183 Å². The Bertz CT molecular complexity index is 1020. The van der Waals surface area contributed by atoms with E-state index in [-0.39, 0.29) is 6.73 Å². The molecule has 0 aliphatic heterocycles. The largest absolute Gasteiger partial charge is 0.416 e. The van der Waals surface area contributed by atoms with Gasteiger partial charge in [-0.25, -0.2) is 4.98 Å². The molecule has 0 amide bonds. The molecule has 9 heteroatoms.